The second-order valence-electron chi connectivity index (χ2n) is 4.71. The van der Waals surface area contributed by atoms with Gasteiger partial charge in [-0.1, -0.05) is 13.8 Å². The van der Waals surface area contributed by atoms with E-state index in [4.69, 9.17) is 0 Å². The van der Waals surface area contributed by atoms with Crippen molar-refractivity contribution in [3.05, 3.63) is 22.4 Å². The highest BCUT2D eigenvalue weighted by Crippen LogP contribution is 2.14. The van der Waals surface area contributed by atoms with E-state index in [1.54, 1.807) is 6.07 Å². The number of nitrogens with one attached hydrogen (secondary N) is 2. The number of aryl methyl sites for hydroxylation is 1. The summed E-state index contributed by atoms with van der Waals surface area (Å²) >= 11 is 3.33. The molecule has 106 valence electrons. The zero-order valence-corrected chi connectivity index (χ0v) is 13.1. The van der Waals surface area contributed by atoms with E-state index >= 15 is 0 Å². The van der Waals surface area contributed by atoms with E-state index in [2.05, 4.69) is 26.6 Å². The second-order valence-corrected chi connectivity index (χ2v) is 5.63. The van der Waals surface area contributed by atoms with Crippen LogP contribution in [0.1, 0.15) is 31.3 Å². The van der Waals surface area contributed by atoms with Crippen LogP contribution in [0.15, 0.2) is 16.7 Å². The van der Waals surface area contributed by atoms with Crippen molar-refractivity contribution in [2.75, 3.05) is 13.1 Å². The van der Waals surface area contributed by atoms with Crippen LogP contribution in [0.5, 0.6) is 0 Å². The number of carbonyl (C=O) groups excluding carboxylic acids is 2. The lowest BCUT2D eigenvalue weighted by Gasteiger charge is -2.09. The molecule has 0 fully saturated rings. The van der Waals surface area contributed by atoms with Crippen LogP contribution in [0.4, 0.5) is 0 Å². The van der Waals surface area contributed by atoms with Crippen LogP contribution < -0.4 is 10.6 Å². The summed E-state index contributed by atoms with van der Waals surface area (Å²) in [5.41, 5.74) is 0.547. The Kier molecular flexibility index (Phi) is 6.08. The highest BCUT2D eigenvalue weighted by Gasteiger charge is 2.13. The molecule has 5 nitrogen and oxygen atoms in total. The zero-order chi connectivity index (χ0) is 14.4. The maximum absolute atomic E-state index is 11.9. The molecular weight excluding hydrogens is 310 g/mol. The first-order valence-corrected chi connectivity index (χ1v) is 7.14. The first-order valence-electron chi connectivity index (χ1n) is 6.34. The fourth-order valence-electron chi connectivity index (χ4n) is 1.56. The molecule has 0 saturated heterocycles. The lowest BCUT2D eigenvalue weighted by Crippen LogP contribution is -2.38. The van der Waals surface area contributed by atoms with Gasteiger partial charge in [0, 0.05) is 23.8 Å². The molecule has 19 heavy (non-hydrogen) atoms. The number of hydrogen-bond donors (Lipinski definition) is 2. The molecule has 1 aromatic heterocycles. The molecule has 0 unspecified atom stereocenters. The van der Waals surface area contributed by atoms with Gasteiger partial charge in [-0.05, 0) is 34.8 Å². The van der Waals surface area contributed by atoms with E-state index in [1.807, 2.05) is 31.5 Å². The van der Waals surface area contributed by atoms with Crippen LogP contribution in [0.2, 0.25) is 0 Å². The maximum Gasteiger partial charge on any atom is 0.268 e. The Balaban J connectivity index is 2.49. The van der Waals surface area contributed by atoms with E-state index in [-0.39, 0.29) is 18.4 Å². The number of aromatic nitrogens is 1. The highest BCUT2D eigenvalue weighted by molar-refractivity contribution is 9.10. The molecule has 0 aliphatic rings. The topological polar surface area (TPSA) is 63.1 Å². The average Bonchev–Trinajstić information content (AvgIpc) is 2.74. The molecule has 0 atom stereocenters. The Hall–Kier alpha value is -1.30. The largest absolute Gasteiger partial charge is 0.354 e. The summed E-state index contributed by atoms with van der Waals surface area (Å²) in [5, 5.41) is 5.37. The van der Waals surface area contributed by atoms with E-state index in [9.17, 15) is 9.59 Å². The van der Waals surface area contributed by atoms with Gasteiger partial charge in [-0.25, -0.2) is 0 Å². The molecule has 1 aromatic rings. The monoisotopic (exact) mass is 329 g/mol. The van der Waals surface area contributed by atoms with Gasteiger partial charge in [-0.2, -0.15) is 0 Å². The molecule has 0 radical (unpaired) electrons. The standard InChI is InChI=1S/C13H20BrN3O2/c1-4-17-8-10(14)5-11(17)13(19)16-7-12(18)15-6-9(2)3/h5,8-9H,4,6-7H2,1-3H3,(H,15,18)(H,16,19). The van der Waals surface area contributed by atoms with Gasteiger partial charge in [0.05, 0.1) is 6.54 Å². The predicted octanol–water partition coefficient (Wildman–Crippen LogP) is 1.77. The minimum Gasteiger partial charge on any atom is -0.354 e. The summed E-state index contributed by atoms with van der Waals surface area (Å²) in [4.78, 5) is 23.4. The highest BCUT2D eigenvalue weighted by atomic mass is 79.9. The lowest BCUT2D eigenvalue weighted by atomic mass is 10.2. The van der Waals surface area contributed by atoms with Crippen molar-refractivity contribution in [2.24, 2.45) is 5.92 Å². The van der Waals surface area contributed by atoms with Gasteiger partial charge >= 0.3 is 0 Å². The molecule has 2 N–H and O–H groups in total. The third kappa shape index (κ3) is 5.06. The summed E-state index contributed by atoms with van der Waals surface area (Å²) in [7, 11) is 0. The summed E-state index contributed by atoms with van der Waals surface area (Å²) in [6.45, 7) is 7.31. The minimum atomic E-state index is -0.243. The van der Waals surface area contributed by atoms with Gasteiger partial charge in [0.15, 0.2) is 0 Å². The summed E-state index contributed by atoms with van der Waals surface area (Å²) in [5.74, 6) is -0.0177. The van der Waals surface area contributed by atoms with Crippen LogP contribution in [-0.4, -0.2) is 29.5 Å². The van der Waals surface area contributed by atoms with E-state index < -0.39 is 0 Å². The number of amides is 2. The Labute approximate surface area is 121 Å². The second kappa shape index (κ2) is 7.33. The Morgan fingerprint density at radius 2 is 2.05 bits per heavy atom. The average molecular weight is 330 g/mol. The van der Waals surface area contributed by atoms with Crippen LogP contribution >= 0.6 is 15.9 Å². The van der Waals surface area contributed by atoms with E-state index in [0.717, 1.165) is 4.47 Å². The molecular formula is C13H20BrN3O2. The first kappa shape index (κ1) is 15.8. The molecule has 2 amide bonds. The summed E-state index contributed by atoms with van der Waals surface area (Å²) in [6.07, 6.45) is 1.84. The van der Waals surface area contributed by atoms with Gasteiger partial charge in [-0.3, -0.25) is 9.59 Å². The normalized spacial score (nSPS) is 10.6. The fourth-order valence-corrected chi connectivity index (χ4v) is 2.02. The van der Waals surface area contributed by atoms with Crippen molar-refractivity contribution < 1.29 is 9.59 Å². The number of hydrogen-bond acceptors (Lipinski definition) is 2. The van der Waals surface area contributed by atoms with Crippen molar-refractivity contribution >= 4 is 27.7 Å². The van der Waals surface area contributed by atoms with E-state index in [1.165, 1.54) is 0 Å². The number of rotatable bonds is 6. The van der Waals surface area contributed by atoms with E-state index in [0.29, 0.717) is 24.7 Å². The van der Waals surface area contributed by atoms with Gasteiger partial charge < -0.3 is 15.2 Å². The van der Waals surface area contributed by atoms with Gasteiger partial charge in [0.1, 0.15) is 5.69 Å². The SMILES string of the molecule is CCn1cc(Br)cc1C(=O)NCC(=O)NCC(C)C. The first-order chi connectivity index (χ1) is 8.93. The molecule has 0 aliphatic heterocycles. The molecule has 6 heteroatoms. The third-order valence-corrected chi connectivity index (χ3v) is 2.99. The van der Waals surface area contributed by atoms with Crippen molar-refractivity contribution in [2.45, 2.75) is 27.3 Å². The minimum absolute atomic E-state index is 0.00192. The smallest absolute Gasteiger partial charge is 0.268 e. The molecule has 0 aromatic carbocycles. The Morgan fingerprint density at radius 1 is 1.37 bits per heavy atom. The van der Waals surface area contributed by atoms with Gasteiger partial charge in [0.2, 0.25) is 5.91 Å². The Bertz CT molecular complexity index is 455. The number of nitrogens with zero attached hydrogens (tertiary/aromatic N) is 1. The summed E-state index contributed by atoms with van der Waals surface area (Å²) in [6, 6.07) is 1.74. The maximum atomic E-state index is 11.9. The van der Waals surface area contributed by atoms with Crippen LogP contribution in [0.25, 0.3) is 0 Å². The van der Waals surface area contributed by atoms with Gasteiger partial charge in [0.25, 0.3) is 5.91 Å². The van der Waals surface area contributed by atoms with Crippen molar-refractivity contribution in [1.82, 2.24) is 15.2 Å². The Morgan fingerprint density at radius 3 is 2.63 bits per heavy atom. The summed E-state index contributed by atoms with van der Waals surface area (Å²) < 4.78 is 2.68. The van der Waals surface area contributed by atoms with Crippen molar-refractivity contribution in [1.29, 1.82) is 0 Å². The quantitative estimate of drug-likeness (QED) is 0.835. The zero-order valence-electron chi connectivity index (χ0n) is 11.5. The number of halogens is 1. The molecule has 1 rings (SSSR count). The third-order valence-electron chi connectivity index (χ3n) is 2.55. The van der Waals surface area contributed by atoms with Crippen LogP contribution in [0.3, 0.4) is 0 Å². The van der Waals surface area contributed by atoms with Crippen molar-refractivity contribution in [3.63, 3.8) is 0 Å². The van der Waals surface area contributed by atoms with Gasteiger partial charge in [-0.15, -0.1) is 0 Å². The lowest BCUT2D eigenvalue weighted by molar-refractivity contribution is -0.120. The van der Waals surface area contributed by atoms with Crippen LogP contribution in [0, 0.1) is 5.92 Å². The van der Waals surface area contributed by atoms with Crippen molar-refractivity contribution in [3.8, 4) is 0 Å². The molecule has 0 saturated carbocycles. The molecule has 1 heterocycles. The molecule has 0 aliphatic carbocycles. The molecule has 0 spiro atoms. The number of carbonyl (C=O) groups is 2. The predicted molar refractivity (Wildman–Crippen MR) is 78.0 cm³/mol. The van der Waals surface area contributed by atoms with Crippen LogP contribution in [-0.2, 0) is 11.3 Å². The fraction of sp³-hybridized carbons (Fsp3) is 0.538. The molecule has 0 bridgehead atoms.